The van der Waals surface area contributed by atoms with Gasteiger partial charge in [0.25, 0.3) is 0 Å². The van der Waals surface area contributed by atoms with Gasteiger partial charge in [-0.3, -0.25) is 13.9 Å². The lowest BCUT2D eigenvalue weighted by molar-refractivity contribution is -0.140. The maximum atomic E-state index is 14.0. The van der Waals surface area contributed by atoms with Crippen LogP contribution in [0.4, 0.5) is 10.1 Å². The van der Waals surface area contributed by atoms with E-state index in [2.05, 4.69) is 5.32 Å². The summed E-state index contributed by atoms with van der Waals surface area (Å²) in [5, 5.41) is 3.05. The third-order valence-corrected chi connectivity index (χ3v) is 8.35. The molecule has 2 amide bonds. The Morgan fingerprint density at radius 3 is 2.20 bits per heavy atom. The highest BCUT2D eigenvalue weighted by Gasteiger charge is 2.34. The molecular weight excluding hydrogens is 576 g/mol. The minimum Gasteiger partial charge on any atom is -0.352 e. The molecule has 0 radical (unpaired) electrons. The van der Waals surface area contributed by atoms with Crippen molar-refractivity contribution >= 4 is 50.7 Å². The first-order chi connectivity index (χ1) is 18.9. The Kier molecular flexibility index (Phi) is 11.0. The van der Waals surface area contributed by atoms with Gasteiger partial charge >= 0.3 is 0 Å². The van der Waals surface area contributed by atoms with Crippen LogP contribution in [-0.2, 0) is 32.6 Å². The number of sulfonamides is 1. The van der Waals surface area contributed by atoms with Gasteiger partial charge in [0.2, 0.25) is 21.8 Å². The lowest BCUT2D eigenvalue weighted by Crippen LogP contribution is -2.54. The third-order valence-electron chi connectivity index (χ3n) is 6.42. The minimum absolute atomic E-state index is 0.0252. The zero-order valence-corrected chi connectivity index (χ0v) is 24.8. The van der Waals surface area contributed by atoms with Crippen LogP contribution in [0, 0.1) is 5.82 Å². The molecule has 0 bridgehead atoms. The summed E-state index contributed by atoms with van der Waals surface area (Å²) in [5.74, 6) is -1.48. The second-order valence-electron chi connectivity index (χ2n) is 9.51. The summed E-state index contributed by atoms with van der Waals surface area (Å²) in [6.45, 7) is 3.08. The molecule has 3 aromatic rings. The molecule has 0 aliphatic heterocycles. The Bertz CT molecular complexity index is 1420. The van der Waals surface area contributed by atoms with Crippen LogP contribution >= 0.6 is 23.2 Å². The number of anilines is 1. The molecular formula is C29H32Cl2FN3O4S. The number of carbonyl (C=O) groups is 2. The highest BCUT2D eigenvalue weighted by atomic mass is 35.5. The van der Waals surface area contributed by atoms with Crippen molar-refractivity contribution in [3.63, 3.8) is 0 Å². The summed E-state index contributed by atoms with van der Waals surface area (Å²) < 4.78 is 40.2. The molecule has 0 heterocycles. The Hall–Kier alpha value is -3.14. The molecule has 0 saturated carbocycles. The van der Waals surface area contributed by atoms with E-state index in [0.717, 1.165) is 16.1 Å². The van der Waals surface area contributed by atoms with E-state index in [1.807, 2.05) is 44.2 Å². The Balaban J connectivity index is 2.08. The molecule has 7 nitrogen and oxygen atoms in total. The summed E-state index contributed by atoms with van der Waals surface area (Å²) >= 11 is 12.5. The zero-order chi connectivity index (χ0) is 29.4. The van der Waals surface area contributed by atoms with Crippen molar-refractivity contribution in [2.75, 3.05) is 17.1 Å². The number of hydrogen-bond acceptors (Lipinski definition) is 4. The Morgan fingerprint density at radius 1 is 0.950 bits per heavy atom. The fraction of sp³-hybridized carbons (Fsp3) is 0.310. The molecule has 3 aromatic carbocycles. The normalized spacial score (nSPS) is 12.8. The average molecular weight is 609 g/mol. The molecule has 214 valence electrons. The van der Waals surface area contributed by atoms with Crippen LogP contribution in [0.1, 0.15) is 31.4 Å². The van der Waals surface area contributed by atoms with Crippen molar-refractivity contribution < 1.29 is 22.4 Å². The predicted octanol–water partition coefficient (Wildman–Crippen LogP) is 5.45. The number of nitrogens with zero attached hydrogens (tertiary/aromatic N) is 2. The molecule has 0 aliphatic rings. The average Bonchev–Trinajstić information content (AvgIpc) is 2.91. The maximum Gasteiger partial charge on any atom is 0.244 e. The van der Waals surface area contributed by atoms with Crippen molar-refractivity contribution in [2.24, 2.45) is 0 Å². The summed E-state index contributed by atoms with van der Waals surface area (Å²) in [4.78, 5) is 29.0. The quantitative estimate of drug-likeness (QED) is 0.296. The number of rotatable bonds is 12. The number of halogens is 3. The van der Waals surface area contributed by atoms with Crippen LogP contribution in [0.2, 0.25) is 10.0 Å². The highest BCUT2D eigenvalue weighted by Crippen LogP contribution is 2.34. The van der Waals surface area contributed by atoms with Crippen LogP contribution in [0.15, 0.2) is 72.8 Å². The maximum absolute atomic E-state index is 14.0. The molecule has 0 aromatic heterocycles. The largest absolute Gasteiger partial charge is 0.352 e. The summed E-state index contributed by atoms with van der Waals surface area (Å²) in [5.41, 5.74) is 1.41. The van der Waals surface area contributed by atoms with Gasteiger partial charge in [0.15, 0.2) is 0 Å². The molecule has 2 atom stereocenters. The number of nitrogens with one attached hydrogen (secondary N) is 1. The second-order valence-corrected chi connectivity index (χ2v) is 12.2. The first-order valence-corrected chi connectivity index (χ1v) is 15.3. The lowest BCUT2D eigenvalue weighted by atomic mass is 10.0. The van der Waals surface area contributed by atoms with E-state index >= 15 is 0 Å². The SMILES string of the molecule is CC[C@@H](C)NC(=O)[C@H](Cc1ccccc1)N(Cc1ccc(F)cc1)C(=O)CN(c1cccc(Cl)c1Cl)S(C)(=O)=O. The molecule has 0 aliphatic carbocycles. The van der Waals surface area contributed by atoms with E-state index in [0.29, 0.717) is 12.0 Å². The monoisotopic (exact) mass is 607 g/mol. The molecule has 3 rings (SSSR count). The summed E-state index contributed by atoms with van der Waals surface area (Å²) in [6.07, 6.45) is 1.80. The minimum atomic E-state index is -4.00. The molecule has 0 fully saturated rings. The fourth-order valence-corrected chi connectivity index (χ4v) is 5.36. The van der Waals surface area contributed by atoms with Gasteiger partial charge in [-0.15, -0.1) is 0 Å². The van der Waals surface area contributed by atoms with Gasteiger partial charge in [0.05, 0.1) is 22.0 Å². The summed E-state index contributed by atoms with van der Waals surface area (Å²) in [6, 6.07) is 18.1. The Labute approximate surface area is 244 Å². The van der Waals surface area contributed by atoms with Gasteiger partial charge in [-0.25, -0.2) is 12.8 Å². The van der Waals surface area contributed by atoms with Crippen LogP contribution in [0.5, 0.6) is 0 Å². The smallest absolute Gasteiger partial charge is 0.244 e. The van der Waals surface area contributed by atoms with E-state index in [1.165, 1.54) is 47.4 Å². The molecule has 0 spiro atoms. The van der Waals surface area contributed by atoms with E-state index in [1.54, 1.807) is 0 Å². The second kappa shape index (κ2) is 14.0. The van der Waals surface area contributed by atoms with E-state index < -0.39 is 34.3 Å². The van der Waals surface area contributed by atoms with Crippen molar-refractivity contribution in [2.45, 2.75) is 45.3 Å². The standard InChI is InChI=1S/C29H32Cl2FN3O4S/c1-4-20(2)33-29(37)26(17-21-9-6-5-7-10-21)34(18-22-13-15-23(32)16-14-22)27(36)19-35(40(3,38)39)25-12-8-11-24(30)28(25)31/h5-16,20,26H,4,17-19H2,1-3H3,(H,33,37)/t20-,26+/m1/s1. The zero-order valence-electron chi connectivity index (χ0n) is 22.5. The molecule has 11 heteroatoms. The van der Waals surface area contributed by atoms with Crippen molar-refractivity contribution in [3.05, 3.63) is 99.8 Å². The van der Waals surface area contributed by atoms with E-state index in [4.69, 9.17) is 23.2 Å². The van der Waals surface area contributed by atoms with Crippen LogP contribution in [0.25, 0.3) is 0 Å². The van der Waals surface area contributed by atoms with Crippen molar-refractivity contribution in [1.29, 1.82) is 0 Å². The molecule has 40 heavy (non-hydrogen) atoms. The first-order valence-electron chi connectivity index (χ1n) is 12.7. The first kappa shape index (κ1) is 31.4. The van der Waals surface area contributed by atoms with Crippen LogP contribution in [0.3, 0.4) is 0 Å². The van der Waals surface area contributed by atoms with Gasteiger partial charge in [-0.2, -0.15) is 0 Å². The topological polar surface area (TPSA) is 86.8 Å². The molecule has 0 unspecified atom stereocenters. The van der Waals surface area contributed by atoms with Gasteiger partial charge < -0.3 is 10.2 Å². The fourth-order valence-electron chi connectivity index (χ4n) is 4.06. The lowest BCUT2D eigenvalue weighted by Gasteiger charge is -2.34. The highest BCUT2D eigenvalue weighted by molar-refractivity contribution is 7.92. The van der Waals surface area contributed by atoms with E-state index in [9.17, 15) is 22.4 Å². The Morgan fingerprint density at radius 2 is 1.60 bits per heavy atom. The van der Waals surface area contributed by atoms with Gasteiger partial charge in [0, 0.05) is 19.0 Å². The number of carbonyl (C=O) groups excluding carboxylic acids is 2. The number of amides is 2. The summed E-state index contributed by atoms with van der Waals surface area (Å²) in [7, 11) is -4.00. The van der Waals surface area contributed by atoms with Crippen LogP contribution < -0.4 is 9.62 Å². The third kappa shape index (κ3) is 8.43. The van der Waals surface area contributed by atoms with Crippen molar-refractivity contribution in [1.82, 2.24) is 10.2 Å². The van der Waals surface area contributed by atoms with Gasteiger partial charge in [0.1, 0.15) is 18.4 Å². The van der Waals surface area contributed by atoms with Gasteiger partial charge in [-0.05, 0) is 48.7 Å². The number of benzene rings is 3. The molecule has 0 saturated heterocycles. The van der Waals surface area contributed by atoms with Crippen molar-refractivity contribution in [3.8, 4) is 0 Å². The number of hydrogen-bond donors (Lipinski definition) is 1. The molecule has 1 N–H and O–H groups in total. The van der Waals surface area contributed by atoms with E-state index in [-0.39, 0.29) is 40.6 Å². The predicted molar refractivity (Wildman–Crippen MR) is 157 cm³/mol. The van der Waals surface area contributed by atoms with Crippen LogP contribution in [-0.4, -0.2) is 50.0 Å². The van der Waals surface area contributed by atoms with Gasteiger partial charge in [-0.1, -0.05) is 78.7 Å².